The summed E-state index contributed by atoms with van der Waals surface area (Å²) in [6.45, 7) is 1.47. The molecule has 0 aliphatic heterocycles. The lowest BCUT2D eigenvalue weighted by Crippen LogP contribution is -2.17. The molecule has 1 rings (SSSR count). The van der Waals surface area contributed by atoms with Crippen molar-refractivity contribution in [3.63, 3.8) is 0 Å². The molecule has 0 N–H and O–H groups in total. The Morgan fingerprint density at radius 3 is 2.12 bits per heavy atom. The molecule has 0 amide bonds. The fourth-order valence-electron chi connectivity index (χ4n) is 0.948. The van der Waals surface area contributed by atoms with Gasteiger partial charge in [-0.25, -0.2) is 0 Å². The van der Waals surface area contributed by atoms with Crippen LogP contribution in [0, 0.1) is 0 Å². The average Bonchev–Trinajstić information content (AvgIpc) is 2.18. The molecule has 0 fully saturated rings. The molecule has 0 aliphatic carbocycles. The van der Waals surface area contributed by atoms with Crippen LogP contribution in [0.15, 0.2) is 24.3 Å². The van der Waals surface area contributed by atoms with Crippen LogP contribution in [0.25, 0.3) is 0 Å². The van der Waals surface area contributed by atoms with Gasteiger partial charge in [-0.15, -0.1) is 13.2 Å². The molecule has 3 nitrogen and oxygen atoms in total. The smallest absolute Gasteiger partial charge is 0.482 e. The van der Waals surface area contributed by atoms with E-state index in [9.17, 15) is 18.0 Å². The maximum atomic E-state index is 11.8. The van der Waals surface area contributed by atoms with Gasteiger partial charge >= 0.3 is 6.36 Å². The highest BCUT2D eigenvalue weighted by Gasteiger charge is 2.30. The van der Waals surface area contributed by atoms with Gasteiger partial charge in [-0.1, -0.05) is 0 Å². The van der Waals surface area contributed by atoms with E-state index >= 15 is 0 Å². The molecule has 0 aliphatic rings. The number of halogens is 3. The Morgan fingerprint density at radius 1 is 1.19 bits per heavy atom. The van der Waals surface area contributed by atoms with Crippen LogP contribution in [0.5, 0.6) is 11.5 Å². The zero-order chi connectivity index (χ0) is 12.2. The van der Waals surface area contributed by atoms with Gasteiger partial charge in [-0.2, -0.15) is 0 Å². The minimum absolute atomic E-state index is 0.269. The summed E-state index contributed by atoms with van der Waals surface area (Å²) in [5, 5.41) is 0. The van der Waals surface area contributed by atoms with Crippen LogP contribution >= 0.6 is 0 Å². The quantitative estimate of drug-likeness (QED) is 0.801. The number of rotatable bonds is 4. The van der Waals surface area contributed by atoms with Gasteiger partial charge in [0.25, 0.3) is 0 Å². The third-order valence-corrected chi connectivity index (χ3v) is 1.54. The van der Waals surface area contributed by atoms with Crippen molar-refractivity contribution in [2.75, 3.05) is 0 Å². The topological polar surface area (TPSA) is 35.5 Å². The van der Waals surface area contributed by atoms with Gasteiger partial charge in [-0.05, 0) is 31.2 Å². The Kier molecular flexibility index (Phi) is 3.76. The number of ether oxygens (including phenoxy) is 2. The molecule has 1 radical (unpaired) electrons. The van der Waals surface area contributed by atoms with Crippen LogP contribution in [-0.4, -0.2) is 18.8 Å². The van der Waals surface area contributed by atoms with Gasteiger partial charge in [0.1, 0.15) is 11.5 Å². The Bertz CT molecular complexity index is 345. The molecular formula is C10H8F3O3. The lowest BCUT2D eigenvalue weighted by atomic mass is 10.3. The third kappa shape index (κ3) is 4.20. The van der Waals surface area contributed by atoms with Gasteiger partial charge in [0.2, 0.25) is 6.29 Å². The summed E-state index contributed by atoms with van der Waals surface area (Å²) in [5.41, 5.74) is 0. The number of benzene rings is 1. The van der Waals surface area contributed by atoms with Crippen molar-refractivity contribution in [1.29, 1.82) is 0 Å². The molecular weight excluding hydrogens is 225 g/mol. The first-order valence-electron chi connectivity index (χ1n) is 4.31. The van der Waals surface area contributed by atoms with Gasteiger partial charge < -0.3 is 9.47 Å². The highest BCUT2D eigenvalue weighted by atomic mass is 19.4. The lowest BCUT2D eigenvalue weighted by Gasteiger charge is -2.10. The second-order valence-electron chi connectivity index (χ2n) is 2.90. The zero-order valence-corrected chi connectivity index (χ0v) is 8.25. The highest BCUT2D eigenvalue weighted by molar-refractivity contribution is 5.57. The minimum Gasteiger partial charge on any atom is -0.482 e. The maximum Gasteiger partial charge on any atom is 0.573 e. The van der Waals surface area contributed by atoms with Gasteiger partial charge in [-0.3, -0.25) is 4.79 Å². The second kappa shape index (κ2) is 4.87. The molecule has 0 spiro atoms. The summed E-state index contributed by atoms with van der Waals surface area (Å²) in [6.07, 6.45) is -3.90. The average molecular weight is 233 g/mol. The fourth-order valence-corrected chi connectivity index (χ4v) is 0.948. The summed E-state index contributed by atoms with van der Waals surface area (Å²) in [7, 11) is 0. The van der Waals surface area contributed by atoms with E-state index in [1.54, 1.807) is 6.29 Å². The van der Waals surface area contributed by atoms with E-state index in [1.807, 2.05) is 0 Å². The predicted octanol–water partition coefficient (Wildman–Crippen LogP) is 2.46. The largest absolute Gasteiger partial charge is 0.573 e. The summed E-state index contributed by atoms with van der Waals surface area (Å²) in [5.74, 6) is -0.0760. The molecule has 1 aromatic carbocycles. The first-order valence-corrected chi connectivity index (χ1v) is 4.31. The SMILES string of the molecule is CC([C]=O)Oc1ccc(OC(F)(F)F)cc1. The van der Waals surface area contributed by atoms with Crippen molar-refractivity contribution in [2.45, 2.75) is 19.4 Å². The van der Waals surface area contributed by atoms with Gasteiger partial charge in [0, 0.05) is 0 Å². The van der Waals surface area contributed by atoms with Crippen molar-refractivity contribution >= 4 is 6.29 Å². The summed E-state index contributed by atoms with van der Waals surface area (Å²) >= 11 is 0. The first kappa shape index (κ1) is 12.4. The first-order chi connectivity index (χ1) is 7.40. The molecule has 16 heavy (non-hydrogen) atoms. The zero-order valence-electron chi connectivity index (χ0n) is 8.25. The molecule has 1 aromatic rings. The van der Waals surface area contributed by atoms with E-state index in [1.165, 1.54) is 19.1 Å². The molecule has 0 heterocycles. The molecule has 0 saturated carbocycles. The van der Waals surface area contributed by atoms with Crippen molar-refractivity contribution < 1.29 is 27.4 Å². The third-order valence-electron chi connectivity index (χ3n) is 1.54. The molecule has 0 aromatic heterocycles. The van der Waals surface area contributed by atoms with Crippen molar-refractivity contribution in [1.82, 2.24) is 0 Å². The van der Waals surface area contributed by atoms with E-state index in [-0.39, 0.29) is 11.5 Å². The summed E-state index contributed by atoms with van der Waals surface area (Å²) in [6, 6.07) is 4.74. The Morgan fingerprint density at radius 2 is 1.69 bits per heavy atom. The number of carbonyl (C=O) groups excluding carboxylic acids is 1. The number of hydrogen-bond donors (Lipinski definition) is 0. The van der Waals surface area contributed by atoms with Crippen LogP contribution in [0.4, 0.5) is 13.2 Å². The molecule has 0 saturated heterocycles. The standard InChI is InChI=1S/C10H8F3O3/c1-7(6-14)15-8-2-4-9(5-3-8)16-10(11,12)13/h2-5,7H,1H3. The maximum absolute atomic E-state index is 11.8. The van der Waals surface area contributed by atoms with E-state index in [2.05, 4.69) is 4.74 Å². The van der Waals surface area contributed by atoms with Gasteiger partial charge in [0.05, 0.1) is 0 Å². The molecule has 87 valence electrons. The Labute approximate surface area is 89.8 Å². The normalized spacial score (nSPS) is 13.0. The Balaban J connectivity index is 2.64. The monoisotopic (exact) mass is 233 g/mol. The van der Waals surface area contributed by atoms with Crippen LogP contribution in [0.2, 0.25) is 0 Å². The van der Waals surface area contributed by atoms with Crippen LogP contribution in [0.1, 0.15) is 6.92 Å². The van der Waals surface area contributed by atoms with Crippen LogP contribution < -0.4 is 9.47 Å². The van der Waals surface area contributed by atoms with E-state index in [4.69, 9.17) is 4.74 Å². The molecule has 6 heteroatoms. The fraction of sp³-hybridized carbons (Fsp3) is 0.300. The summed E-state index contributed by atoms with van der Waals surface area (Å²) < 4.78 is 44.0. The van der Waals surface area contributed by atoms with E-state index < -0.39 is 12.5 Å². The lowest BCUT2D eigenvalue weighted by molar-refractivity contribution is -0.274. The van der Waals surface area contributed by atoms with Crippen molar-refractivity contribution in [3.8, 4) is 11.5 Å². The van der Waals surface area contributed by atoms with Crippen molar-refractivity contribution in [3.05, 3.63) is 24.3 Å². The summed E-state index contributed by atoms with van der Waals surface area (Å²) in [4.78, 5) is 10.1. The highest BCUT2D eigenvalue weighted by Crippen LogP contribution is 2.24. The van der Waals surface area contributed by atoms with E-state index in [0.29, 0.717) is 0 Å². The van der Waals surface area contributed by atoms with Crippen LogP contribution in [-0.2, 0) is 4.79 Å². The van der Waals surface area contributed by atoms with Crippen molar-refractivity contribution in [2.24, 2.45) is 0 Å². The number of alkyl halides is 3. The second-order valence-corrected chi connectivity index (χ2v) is 2.90. The molecule has 1 unspecified atom stereocenters. The number of hydrogen-bond acceptors (Lipinski definition) is 3. The predicted molar refractivity (Wildman–Crippen MR) is 48.9 cm³/mol. The molecule has 0 bridgehead atoms. The van der Waals surface area contributed by atoms with E-state index in [0.717, 1.165) is 12.1 Å². The van der Waals surface area contributed by atoms with Crippen LogP contribution in [0.3, 0.4) is 0 Å². The minimum atomic E-state index is -4.72. The van der Waals surface area contributed by atoms with Gasteiger partial charge in [0.15, 0.2) is 6.10 Å². The molecule has 1 atom stereocenters. The Hall–Kier alpha value is -1.72.